The number of nitrogens with zero attached hydrogens (tertiary/aromatic N) is 4. The zero-order valence-electron chi connectivity index (χ0n) is 17.3. The summed E-state index contributed by atoms with van der Waals surface area (Å²) in [6.45, 7) is 4.69. The molecule has 5 heteroatoms. The first-order valence-electron chi connectivity index (χ1n) is 10.8. The minimum absolute atomic E-state index is 0.139. The summed E-state index contributed by atoms with van der Waals surface area (Å²) in [5.41, 5.74) is 2.78. The quantitative estimate of drug-likeness (QED) is 0.570. The van der Waals surface area contributed by atoms with E-state index in [0.29, 0.717) is 13.1 Å². The maximum atomic E-state index is 12.9. The Kier molecular flexibility index (Phi) is 6.46. The first kappa shape index (κ1) is 20.2. The topological polar surface area (TPSA) is 50.6 Å². The van der Waals surface area contributed by atoms with Crippen LogP contribution in [-0.4, -0.2) is 59.9 Å². The number of carbonyl (C=O) groups is 1. The van der Waals surface area contributed by atoms with Gasteiger partial charge in [-0.15, -0.1) is 0 Å². The molecule has 0 unspecified atom stereocenters. The van der Waals surface area contributed by atoms with Gasteiger partial charge in [0.2, 0.25) is 0 Å². The summed E-state index contributed by atoms with van der Waals surface area (Å²) in [6, 6.07) is 23.4. The third-order valence-corrected chi connectivity index (χ3v) is 6.00. The van der Waals surface area contributed by atoms with E-state index in [1.165, 1.54) is 11.1 Å². The van der Waals surface area contributed by atoms with Gasteiger partial charge in [-0.25, -0.2) is 0 Å². The van der Waals surface area contributed by atoms with Crippen LogP contribution in [0.1, 0.15) is 30.0 Å². The van der Waals surface area contributed by atoms with E-state index in [0.717, 1.165) is 39.0 Å². The van der Waals surface area contributed by atoms with Crippen molar-refractivity contribution in [1.29, 1.82) is 5.26 Å². The van der Waals surface area contributed by atoms with E-state index in [-0.39, 0.29) is 17.5 Å². The molecule has 2 heterocycles. The van der Waals surface area contributed by atoms with Crippen LogP contribution in [0.3, 0.4) is 0 Å². The van der Waals surface area contributed by atoms with Crippen molar-refractivity contribution in [2.45, 2.75) is 18.9 Å². The number of nitriles is 1. The molecule has 0 radical (unpaired) electrons. The molecule has 0 atom stereocenters. The Morgan fingerprint density at radius 1 is 0.833 bits per heavy atom. The fourth-order valence-corrected chi connectivity index (χ4v) is 4.42. The van der Waals surface area contributed by atoms with Gasteiger partial charge in [-0.1, -0.05) is 60.7 Å². The molecular weight excluding hydrogens is 372 g/mol. The lowest BCUT2D eigenvalue weighted by molar-refractivity contribution is -0.128. The summed E-state index contributed by atoms with van der Waals surface area (Å²) in [5, 5.41) is 9.52. The number of amides is 1. The van der Waals surface area contributed by atoms with Gasteiger partial charge in [0.15, 0.2) is 0 Å². The Labute approximate surface area is 178 Å². The SMILES string of the molecule is N#C/C(=C/N1CCCC1)C(=O)N1CCN(C(c2ccccc2)c2ccccc2)CC1. The van der Waals surface area contributed by atoms with Gasteiger partial charge >= 0.3 is 0 Å². The molecular formula is C25H28N4O. The molecule has 1 amide bonds. The van der Waals surface area contributed by atoms with Crippen LogP contribution in [0, 0.1) is 11.3 Å². The molecule has 2 aliphatic heterocycles. The summed E-state index contributed by atoms with van der Waals surface area (Å²) in [6.07, 6.45) is 4.02. The van der Waals surface area contributed by atoms with Crippen LogP contribution in [0.4, 0.5) is 0 Å². The molecule has 5 nitrogen and oxygen atoms in total. The van der Waals surface area contributed by atoms with E-state index >= 15 is 0 Å². The van der Waals surface area contributed by atoms with E-state index in [9.17, 15) is 10.1 Å². The molecule has 2 aromatic rings. The van der Waals surface area contributed by atoms with E-state index < -0.39 is 0 Å². The van der Waals surface area contributed by atoms with E-state index in [1.807, 2.05) is 17.0 Å². The van der Waals surface area contributed by atoms with Crippen LogP contribution in [0.5, 0.6) is 0 Å². The normalized spacial score (nSPS) is 17.9. The third-order valence-electron chi connectivity index (χ3n) is 6.00. The maximum Gasteiger partial charge on any atom is 0.266 e. The fraction of sp³-hybridized carbons (Fsp3) is 0.360. The average Bonchev–Trinajstić information content (AvgIpc) is 3.32. The molecule has 2 fully saturated rings. The van der Waals surface area contributed by atoms with Crippen molar-refractivity contribution >= 4 is 5.91 Å². The summed E-state index contributed by atoms with van der Waals surface area (Å²) >= 11 is 0. The fourth-order valence-electron chi connectivity index (χ4n) is 4.42. The Balaban J connectivity index is 1.47. The predicted molar refractivity (Wildman–Crippen MR) is 117 cm³/mol. The third kappa shape index (κ3) is 4.55. The number of carbonyl (C=O) groups excluding carboxylic acids is 1. The van der Waals surface area contributed by atoms with Gasteiger partial charge < -0.3 is 9.80 Å². The van der Waals surface area contributed by atoms with Gasteiger partial charge in [-0.3, -0.25) is 9.69 Å². The zero-order chi connectivity index (χ0) is 20.8. The van der Waals surface area contributed by atoms with Crippen LogP contribution >= 0.6 is 0 Å². The highest BCUT2D eigenvalue weighted by molar-refractivity contribution is 5.97. The molecule has 2 aromatic carbocycles. The number of rotatable bonds is 5. The van der Waals surface area contributed by atoms with Gasteiger partial charge in [0.25, 0.3) is 5.91 Å². The van der Waals surface area contributed by atoms with Gasteiger partial charge in [-0.2, -0.15) is 5.26 Å². The summed E-state index contributed by atoms with van der Waals surface area (Å²) in [4.78, 5) is 19.3. The van der Waals surface area contributed by atoms with Crippen molar-refractivity contribution in [3.8, 4) is 6.07 Å². The van der Waals surface area contributed by atoms with E-state index in [2.05, 4.69) is 64.4 Å². The van der Waals surface area contributed by atoms with Crippen LogP contribution < -0.4 is 0 Å². The monoisotopic (exact) mass is 400 g/mol. The van der Waals surface area contributed by atoms with Crippen LogP contribution in [0.25, 0.3) is 0 Å². The first-order valence-corrected chi connectivity index (χ1v) is 10.8. The number of piperazine rings is 1. The first-order chi connectivity index (χ1) is 14.8. The Hall–Kier alpha value is -3.10. The molecule has 30 heavy (non-hydrogen) atoms. The Morgan fingerprint density at radius 3 is 1.87 bits per heavy atom. The summed E-state index contributed by atoms with van der Waals surface area (Å²) in [5.74, 6) is -0.139. The predicted octanol–water partition coefficient (Wildman–Crippen LogP) is 3.42. The van der Waals surface area contributed by atoms with Crippen molar-refractivity contribution in [2.24, 2.45) is 0 Å². The smallest absolute Gasteiger partial charge is 0.266 e. The zero-order valence-corrected chi connectivity index (χ0v) is 17.3. The Bertz CT molecular complexity index is 866. The lowest BCUT2D eigenvalue weighted by Gasteiger charge is -2.39. The molecule has 154 valence electrons. The van der Waals surface area contributed by atoms with Crippen molar-refractivity contribution in [3.05, 3.63) is 83.6 Å². The highest BCUT2D eigenvalue weighted by Gasteiger charge is 2.29. The average molecular weight is 401 g/mol. The number of likely N-dealkylation sites (tertiary alicyclic amines) is 1. The molecule has 0 aromatic heterocycles. The highest BCUT2D eigenvalue weighted by Crippen LogP contribution is 2.29. The second-order valence-electron chi connectivity index (χ2n) is 7.95. The van der Waals surface area contributed by atoms with Gasteiger partial charge in [0, 0.05) is 45.5 Å². The minimum atomic E-state index is -0.139. The van der Waals surface area contributed by atoms with Crippen molar-refractivity contribution in [3.63, 3.8) is 0 Å². The van der Waals surface area contributed by atoms with E-state index in [1.54, 1.807) is 6.20 Å². The molecule has 0 N–H and O–H groups in total. The van der Waals surface area contributed by atoms with Crippen molar-refractivity contribution < 1.29 is 4.79 Å². The lowest BCUT2D eigenvalue weighted by atomic mass is 9.96. The van der Waals surface area contributed by atoms with Crippen molar-refractivity contribution in [2.75, 3.05) is 39.3 Å². The van der Waals surface area contributed by atoms with Crippen LogP contribution in [0.15, 0.2) is 72.4 Å². The number of benzene rings is 2. The van der Waals surface area contributed by atoms with E-state index in [4.69, 9.17) is 0 Å². The minimum Gasteiger partial charge on any atom is -0.376 e. The van der Waals surface area contributed by atoms with Gasteiger partial charge in [-0.05, 0) is 24.0 Å². The van der Waals surface area contributed by atoms with Crippen LogP contribution in [0.2, 0.25) is 0 Å². The van der Waals surface area contributed by atoms with Gasteiger partial charge in [0.05, 0.1) is 6.04 Å². The molecule has 0 saturated carbocycles. The lowest BCUT2D eigenvalue weighted by Crippen LogP contribution is -2.50. The Morgan fingerprint density at radius 2 is 1.37 bits per heavy atom. The van der Waals surface area contributed by atoms with Gasteiger partial charge in [0.1, 0.15) is 11.6 Å². The highest BCUT2D eigenvalue weighted by atomic mass is 16.2. The molecule has 4 rings (SSSR count). The molecule has 0 bridgehead atoms. The molecule has 2 saturated heterocycles. The van der Waals surface area contributed by atoms with Crippen LogP contribution in [-0.2, 0) is 4.79 Å². The second kappa shape index (κ2) is 9.60. The molecule has 2 aliphatic rings. The number of hydrogen-bond acceptors (Lipinski definition) is 4. The maximum absolute atomic E-state index is 12.9. The van der Waals surface area contributed by atoms with Crippen molar-refractivity contribution in [1.82, 2.24) is 14.7 Å². The largest absolute Gasteiger partial charge is 0.376 e. The molecule has 0 aliphatic carbocycles. The summed E-state index contributed by atoms with van der Waals surface area (Å²) < 4.78 is 0. The second-order valence-corrected chi connectivity index (χ2v) is 7.95. The number of hydrogen-bond donors (Lipinski definition) is 0. The standard InChI is InChI=1S/C25H28N4O/c26-19-23(20-27-13-7-8-14-27)25(30)29-17-15-28(16-18-29)24(21-9-3-1-4-10-21)22-11-5-2-6-12-22/h1-6,9-12,20,24H,7-8,13-18H2/b23-20-. The summed E-state index contributed by atoms with van der Waals surface area (Å²) in [7, 11) is 0. The molecule has 0 spiro atoms.